The van der Waals surface area contributed by atoms with Gasteiger partial charge in [-0.05, 0) is 38.1 Å². The number of nitrogens with two attached hydrogens (primary N) is 1. The Balaban J connectivity index is 0.00000196. The van der Waals surface area contributed by atoms with Gasteiger partial charge >= 0.3 is 0 Å². The Bertz CT molecular complexity index is 733. The predicted molar refractivity (Wildman–Crippen MR) is 115 cm³/mol. The number of methoxy groups -OCH3 is 1. The summed E-state index contributed by atoms with van der Waals surface area (Å²) in [7, 11) is 1.69. The van der Waals surface area contributed by atoms with Crippen molar-refractivity contribution >= 4 is 30.7 Å². The van der Waals surface area contributed by atoms with E-state index in [1.54, 1.807) is 13.2 Å². The first-order valence-electron chi connectivity index (χ1n) is 9.15. The molecule has 1 amide bonds. The molecule has 1 saturated heterocycles. The molecule has 1 unspecified atom stereocenters. The quantitative estimate of drug-likeness (QED) is 0.702. The van der Waals surface area contributed by atoms with Crippen molar-refractivity contribution < 1.29 is 13.9 Å². The third kappa shape index (κ3) is 5.88. The highest BCUT2D eigenvalue weighted by molar-refractivity contribution is 5.94. The van der Waals surface area contributed by atoms with Crippen LogP contribution in [0.3, 0.4) is 0 Å². The molecule has 3 rings (SSSR count). The summed E-state index contributed by atoms with van der Waals surface area (Å²) in [5.41, 5.74) is 7.15. The van der Waals surface area contributed by atoms with Crippen LogP contribution >= 0.6 is 24.8 Å². The SMILES string of the molecule is COc1ccccc1C(CNC(=O)c1coc(CN)c1)N1CCCCC1.Cl.Cl. The number of ether oxygens (including phenoxy) is 1. The average Bonchev–Trinajstić information content (AvgIpc) is 3.18. The molecule has 2 heterocycles. The summed E-state index contributed by atoms with van der Waals surface area (Å²) in [6, 6.07) is 9.80. The molecule has 156 valence electrons. The fourth-order valence-corrected chi connectivity index (χ4v) is 3.51. The molecule has 1 aliphatic rings. The van der Waals surface area contributed by atoms with E-state index in [2.05, 4.69) is 16.3 Å². The lowest BCUT2D eigenvalue weighted by Crippen LogP contribution is -2.40. The number of carbonyl (C=O) groups is 1. The van der Waals surface area contributed by atoms with Gasteiger partial charge in [0, 0.05) is 12.1 Å². The van der Waals surface area contributed by atoms with Gasteiger partial charge in [0.2, 0.25) is 0 Å². The third-order valence-electron chi connectivity index (χ3n) is 4.90. The maximum atomic E-state index is 12.5. The minimum atomic E-state index is -0.148. The van der Waals surface area contributed by atoms with Gasteiger partial charge in [0.1, 0.15) is 17.8 Å². The number of para-hydroxylation sites is 1. The monoisotopic (exact) mass is 429 g/mol. The van der Waals surface area contributed by atoms with Crippen LogP contribution in [0.4, 0.5) is 0 Å². The van der Waals surface area contributed by atoms with Gasteiger partial charge in [-0.2, -0.15) is 0 Å². The van der Waals surface area contributed by atoms with Crippen molar-refractivity contribution in [2.45, 2.75) is 31.8 Å². The van der Waals surface area contributed by atoms with Crippen LogP contribution in [0.15, 0.2) is 41.0 Å². The van der Waals surface area contributed by atoms with Gasteiger partial charge in [0.25, 0.3) is 5.91 Å². The molecule has 0 bridgehead atoms. The van der Waals surface area contributed by atoms with E-state index in [-0.39, 0.29) is 43.3 Å². The Morgan fingerprint density at radius 3 is 2.61 bits per heavy atom. The lowest BCUT2D eigenvalue weighted by molar-refractivity contribution is 0.0922. The third-order valence-corrected chi connectivity index (χ3v) is 4.90. The minimum Gasteiger partial charge on any atom is -0.496 e. The maximum Gasteiger partial charge on any atom is 0.254 e. The summed E-state index contributed by atoms with van der Waals surface area (Å²) in [6.45, 7) is 2.86. The number of piperidine rings is 1. The number of likely N-dealkylation sites (tertiary alicyclic amines) is 1. The largest absolute Gasteiger partial charge is 0.496 e. The zero-order chi connectivity index (χ0) is 18.4. The summed E-state index contributed by atoms with van der Waals surface area (Å²) in [6.07, 6.45) is 5.08. The molecule has 6 nitrogen and oxygen atoms in total. The van der Waals surface area contributed by atoms with E-state index < -0.39 is 0 Å². The summed E-state index contributed by atoms with van der Waals surface area (Å²) in [4.78, 5) is 14.9. The highest BCUT2D eigenvalue weighted by Crippen LogP contribution is 2.31. The van der Waals surface area contributed by atoms with Gasteiger partial charge in [-0.15, -0.1) is 24.8 Å². The number of furan rings is 1. The van der Waals surface area contributed by atoms with Crippen LogP contribution in [0, 0.1) is 0 Å². The molecule has 1 aliphatic heterocycles. The van der Waals surface area contributed by atoms with E-state index >= 15 is 0 Å². The highest BCUT2D eigenvalue weighted by atomic mass is 35.5. The summed E-state index contributed by atoms with van der Waals surface area (Å²) < 4.78 is 10.8. The van der Waals surface area contributed by atoms with E-state index in [0.29, 0.717) is 17.9 Å². The van der Waals surface area contributed by atoms with Crippen molar-refractivity contribution in [1.82, 2.24) is 10.2 Å². The molecular weight excluding hydrogens is 401 g/mol. The van der Waals surface area contributed by atoms with E-state index in [0.717, 1.165) is 24.4 Å². The van der Waals surface area contributed by atoms with Crippen molar-refractivity contribution in [2.24, 2.45) is 5.73 Å². The number of amides is 1. The molecule has 0 aliphatic carbocycles. The van der Waals surface area contributed by atoms with Crippen LogP contribution in [0.25, 0.3) is 0 Å². The number of carbonyl (C=O) groups excluding carboxylic acids is 1. The fraction of sp³-hybridized carbons (Fsp3) is 0.450. The Kier molecular flexibility index (Phi) is 10.4. The lowest BCUT2D eigenvalue weighted by atomic mass is 10.0. The summed E-state index contributed by atoms with van der Waals surface area (Å²) in [5, 5.41) is 3.05. The van der Waals surface area contributed by atoms with Gasteiger partial charge < -0.3 is 20.2 Å². The van der Waals surface area contributed by atoms with Gasteiger partial charge in [-0.1, -0.05) is 24.6 Å². The first kappa shape index (κ1) is 24.3. The van der Waals surface area contributed by atoms with Crippen molar-refractivity contribution in [1.29, 1.82) is 0 Å². The van der Waals surface area contributed by atoms with Crippen LogP contribution in [0.5, 0.6) is 5.75 Å². The molecule has 28 heavy (non-hydrogen) atoms. The van der Waals surface area contributed by atoms with E-state index in [9.17, 15) is 4.79 Å². The smallest absolute Gasteiger partial charge is 0.254 e. The molecule has 0 saturated carbocycles. The van der Waals surface area contributed by atoms with Crippen LogP contribution in [0.2, 0.25) is 0 Å². The summed E-state index contributed by atoms with van der Waals surface area (Å²) in [5.74, 6) is 1.31. The molecule has 2 aromatic rings. The van der Waals surface area contributed by atoms with E-state index in [1.807, 2.05) is 18.2 Å². The number of hydrogen-bond acceptors (Lipinski definition) is 5. The highest BCUT2D eigenvalue weighted by Gasteiger charge is 2.25. The molecule has 3 N–H and O–H groups in total. The fourth-order valence-electron chi connectivity index (χ4n) is 3.51. The summed E-state index contributed by atoms with van der Waals surface area (Å²) >= 11 is 0. The van der Waals surface area contributed by atoms with E-state index in [1.165, 1.54) is 25.5 Å². The number of halogens is 2. The van der Waals surface area contributed by atoms with Crippen molar-refractivity contribution in [2.75, 3.05) is 26.7 Å². The number of rotatable bonds is 7. The van der Waals surface area contributed by atoms with Crippen LogP contribution in [-0.2, 0) is 6.54 Å². The Morgan fingerprint density at radius 1 is 1.25 bits per heavy atom. The molecule has 1 atom stereocenters. The number of nitrogens with zero attached hydrogens (tertiary/aromatic N) is 1. The van der Waals surface area contributed by atoms with Crippen LogP contribution in [-0.4, -0.2) is 37.6 Å². The first-order chi connectivity index (χ1) is 12.7. The van der Waals surface area contributed by atoms with Crippen LogP contribution in [0.1, 0.15) is 47.0 Å². The molecule has 1 aromatic carbocycles. The first-order valence-corrected chi connectivity index (χ1v) is 9.15. The van der Waals surface area contributed by atoms with Gasteiger partial charge in [0.15, 0.2) is 0 Å². The van der Waals surface area contributed by atoms with Gasteiger partial charge in [0.05, 0.1) is 25.3 Å². The zero-order valence-electron chi connectivity index (χ0n) is 16.1. The van der Waals surface area contributed by atoms with E-state index in [4.69, 9.17) is 14.9 Å². The molecule has 8 heteroatoms. The molecule has 1 fully saturated rings. The maximum absolute atomic E-state index is 12.5. The lowest BCUT2D eigenvalue weighted by Gasteiger charge is -2.35. The normalized spacial score (nSPS) is 15.1. The zero-order valence-corrected chi connectivity index (χ0v) is 17.7. The van der Waals surface area contributed by atoms with Gasteiger partial charge in [-0.3, -0.25) is 9.69 Å². The molecule has 0 spiro atoms. The Labute approximate surface area is 178 Å². The molecule has 1 aromatic heterocycles. The average molecular weight is 430 g/mol. The molecular formula is C20H29Cl2N3O3. The topological polar surface area (TPSA) is 80.7 Å². The Hall–Kier alpha value is -1.73. The van der Waals surface area contributed by atoms with Crippen molar-refractivity contribution in [3.05, 3.63) is 53.5 Å². The second-order valence-electron chi connectivity index (χ2n) is 6.57. The standard InChI is InChI=1S/C20H27N3O3.2ClH/c1-25-19-8-4-3-7-17(19)18(23-9-5-2-6-10-23)13-22-20(24)15-11-16(12-21)26-14-15;;/h3-4,7-8,11,14,18H,2,5-6,9-10,12-13,21H2,1H3,(H,22,24);2*1H. The van der Waals surface area contributed by atoms with Crippen LogP contribution < -0.4 is 15.8 Å². The number of benzene rings is 1. The van der Waals surface area contributed by atoms with Crippen molar-refractivity contribution in [3.8, 4) is 5.75 Å². The minimum absolute atomic E-state index is 0. The number of nitrogens with one attached hydrogen (secondary N) is 1. The Morgan fingerprint density at radius 2 is 1.96 bits per heavy atom. The number of hydrogen-bond donors (Lipinski definition) is 2. The molecule has 0 radical (unpaired) electrons. The predicted octanol–water partition coefficient (Wildman–Crippen LogP) is 3.55. The second kappa shape index (κ2) is 12.0. The van der Waals surface area contributed by atoms with Gasteiger partial charge in [-0.25, -0.2) is 0 Å². The van der Waals surface area contributed by atoms with Crippen molar-refractivity contribution in [3.63, 3.8) is 0 Å². The second-order valence-corrected chi connectivity index (χ2v) is 6.57.